The monoisotopic (exact) mass is 718 g/mol. The summed E-state index contributed by atoms with van der Waals surface area (Å²) < 4.78 is 23.5. The van der Waals surface area contributed by atoms with Crippen LogP contribution in [0.15, 0.2) is 12.2 Å². The Kier molecular flexibility index (Phi) is 32.6. The summed E-state index contributed by atoms with van der Waals surface area (Å²) >= 11 is 0. The molecule has 0 aliphatic heterocycles. The molecule has 0 fully saturated rings. The van der Waals surface area contributed by atoms with Crippen molar-refractivity contribution < 1.29 is 32.9 Å². The van der Waals surface area contributed by atoms with E-state index in [0.29, 0.717) is 23.9 Å². The van der Waals surface area contributed by atoms with Crippen LogP contribution in [-0.2, 0) is 18.4 Å². The highest BCUT2D eigenvalue weighted by atomic mass is 31.2. The van der Waals surface area contributed by atoms with Crippen LogP contribution in [0.25, 0.3) is 0 Å². The Morgan fingerprint density at radius 2 is 1.10 bits per heavy atom. The standard InChI is InChI=1S/C40H81N2O6P/c1-6-8-10-12-14-16-18-20-21-22-24-26-28-30-32-34-40(44)41-38(37-48-49(45,46)47-36-35-42(3,4)5)39(43)33-31-29-27-25-23-19-17-15-13-11-9-7-2/h23,25,38-39,43H,6-22,24,26-37H2,1-5H3,(H-,41,44,45,46)/p+1/b25-23+/t38-,39+/m0/s1. The van der Waals surface area contributed by atoms with Crippen molar-refractivity contribution in [3.8, 4) is 0 Å². The zero-order valence-electron chi connectivity index (χ0n) is 32.9. The van der Waals surface area contributed by atoms with Crippen molar-refractivity contribution in [3.63, 3.8) is 0 Å². The fourth-order valence-electron chi connectivity index (χ4n) is 5.92. The van der Waals surface area contributed by atoms with E-state index in [-0.39, 0.29) is 19.1 Å². The van der Waals surface area contributed by atoms with Gasteiger partial charge in [0.25, 0.3) is 0 Å². The summed E-state index contributed by atoms with van der Waals surface area (Å²) in [5.74, 6) is -0.154. The van der Waals surface area contributed by atoms with Crippen LogP contribution in [0.2, 0.25) is 0 Å². The second-order valence-corrected chi connectivity index (χ2v) is 16.8. The molecule has 0 radical (unpaired) electrons. The van der Waals surface area contributed by atoms with Crippen LogP contribution < -0.4 is 5.32 Å². The highest BCUT2D eigenvalue weighted by Crippen LogP contribution is 2.43. The van der Waals surface area contributed by atoms with Crippen molar-refractivity contribution in [2.45, 2.75) is 199 Å². The van der Waals surface area contributed by atoms with E-state index in [0.717, 1.165) is 44.9 Å². The van der Waals surface area contributed by atoms with Gasteiger partial charge in [0.15, 0.2) is 0 Å². The number of hydrogen-bond acceptors (Lipinski definition) is 5. The number of allylic oxidation sites excluding steroid dienone is 2. The van der Waals surface area contributed by atoms with Crippen molar-refractivity contribution in [2.75, 3.05) is 40.9 Å². The van der Waals surface area contributed by atoms with E-state index >= 15 is 0 Å². The van der Waals surface area contributed by atoms with Crippen molar-refractivity contribution in [1.82, 2.24) is 5.32 Å². The molecule has 0 heterocycles. The molecule has 0 aromatic rings. The summed E-state index contributed by atoms with van der Waals surface area (Å²) in [6.45, 7) is 4.85. The minimum Gasteiger partial charge on any atom is -0.391 e. The van der Waals surface area contributed by atoms with Gasteiger partial charge in [0.05, 0.1) is 39.9 Å². The van der Waals surface area contributed by atoms with E-state index in [1.54, 1.807) is 0 Å². The van der Waals surface area contributed by atoms with Crippen LogP contribution in [0.4, 0.5) is 0 Å². The van der Waals surface area contributed by atoms with Crippen molar-refractivity contribution in [3.05, 3.63) is 12.2 Å². The van der Waals surface area contributed by atoms with Gasteiger partial charge in [0.2, 0.25) is 5.91 Å². The van der Waals surface area contributed by atoms with Crippen LogP contribution in [0, 0.1) is 0 Å². The summed E-state index contributed by atoms with van der Waals surface area (Å²) in [6.07, 6.45) is 35.2. The highest BCUT2D eigenvalue weighted by Gasteiger charge is 2.28. The van der Waals surface area contributed by atoms with Gasteiger partial charge in [-0.1, -0.05) is 154 Å². The molecule has 0 aliphatic rings. The van der Waals surface area contributed by atoms with Crippen LogP contribution in [0.5, 0.6) is 0 Å². The fraction of sp³-hybridized carbons (Fsp3) is 0.925. The molecule has 0 rings (SSSR count). The molecule has 3 N–H and O–H groups in total. The molecular formula is C40H82N2O6P+. The molecule has 9 heteroatoms. The largest absolute Gasteiger partial charge is 0.472 e. The van der Waals surface area contributed by atoms with Crippen molar-refractivity contribution in [1.29, 1.82) is 0 Å². The fourth-order valence-corrected chi connectivity index (χ4v) is 6.66. The Bertz CT molecular complexity index is 819. The van der Waals surface area contributed by atoms with Crippen LogP contribution >= 0.6 is 7.82 Å². The quantitative estimate of drug-likeness (QED) is 0.0256. The number of aliphatic hydroxyl groups excluding tert-OH is 1. The molecule has 0 spiro atoms. The normalized spacial score (nSPS) is 14.7. The molecule has 0 saturated heterocycles. The summed E-state index contributed by atoms with van der Waals surface area (Å²) in [4.78, 5) is 23.0. The number of phosphoric acid groups is 1. The number of nitrogens with one attached hydrogen (secondary N) is 1. The Hall–Kier alpha value is -0.760. The topological polar surface area (TPSA) is 105 Å². The van der Waals surface area contributed by atoms with E-state index in [1.807, 2.05) is 21.1 Å². The average Bonchev–Trinajstić information content (AvgIpc) is 3.04. The molecule has 1 amide bonds. The smallest absolute Gasteiger partial charge is 0.391 e. The summed E-state index contributed by atoms with van der Waals surface area (Å²) in [7, 11) is 1.60. The molecule has 0 aromatic heterocycles. The third-order valence-electron chi connectivity index (χ3n) is 9.26. The Balaban J connectivity index is 4.43. The Morgan fingerprint density at radius 1 is 0.673 bits per heavy atom. The van der Waals surface area contributed by atoms with Crippen LogP contribution in [0.1, 0.15) is 187 Å². The first-order chi connectivity index (χ1) is 23.5. The average molecular weight is 718 g/mol. The first kappa shape index (κ1) is 48.2. The second-order valence-electron chi connectivity index (χ2n) is 15.4. The number of likely N-dealkylation sites (N-methyl/N-ethyl adjacent to an activating group) is 1. The Morgan fingerprint density at radius 3 is 1.57 bits per heavy atom. The van der Waals surface area contributed by atoms with Gasteiger partial charge in [-0.2, -0.15) is 0 Å². The first-order valence-electron chi connectivity index (χ1n) is 20.6. The lowest BCUT2D eigenvalue weighted by Gasteiger charge is -2.26. The van der Waals surface area contributed by atoms with E-state index in [1.165, 1.54) is 116 Å². The number of quaternary nitrogens is 1. The number of rotatable bonds is 37. The van der Waals surface area contributed by atoms with E-state index in [2.05, 4.69) is 31.3 Å². The lowest BCUT2D eigenvalue weighted by molar-refractivity contribution is -0.870. The number of amides is 1. The zero-order chi connectivity index (χ0) is 36.5. The molecule has 8 nitrogen and oxygen atoms in total. The molecule has 0 bridgehead atoms. The molecule has 0 saturated carbocycles. The Labute approximate surface area is 303 Å². The lowest BCUT2D eigenvalue weighted by Crippen LogP contribution is -2.46. The van der Waals surface area contributed by atoms with Crippen molar-refractivity contribution >= 4 is 13.7 Å². The molecule has 0 aromatic carbocycles. The van der Waals surface area contributed by atoms with Gasteiger partial charge < -0.3 is 19.8 Å². The minimum atomic E-state index is -4.31. The van der Waals surface area contributed by atoms with E-state index < -0.39 is 20.0 Å². The van der Waals surface area contributed by atoms with E-state index in [9.17, 15) is 19.4 Å². The number of aliphatic hydroxyl groups is 1. The molecular weight excluding hydrogens is 635 g/mol. The maximum Gasteiger partial charge on any atom is 0.472 e. The number of phosphoric ester groups is 1. The predicted molar refractivity (Wildman–Crippen MR) is 208 cm³/mol. The van der Waals surface area contributed by atoms with Gasteiger partial charge in [-0.15, -0.1) is 0 Å². The third kappa shape index (κ3) is 35.4. The first-order valence-corrected chi connectivity index (χ1v) is 22.0. The van der Waals surface area contributed by atoms with Gasteiger partial charge in [-0.3, -0.25) is 13.8 Å². The van der Waals surface area contributed by atoms with Gasteiger partial charge in [0, 0.05) is 6.42 Å². The SMILES string of the molecule is CCCCCCCC/C=C/CCCC[C@@H](O)[C@H](COP(=O)(O)OCC[N+](C)(C)C)NC(=O)CCCCCCCCCCCCCCCCC. The summed E-state index contributed by atoms with van der Waals surface area (Å²) in [6, 6.07) is -0.769. The minimum absolute atomic E-state index is 0.0719. The van der Waals surface area contributed by atoms with Crippen LogP contribution in [-0.4, -0.2) is 73.4 Å². The number of hydrogen-bond donors (Lipinski definition) is 3. The van der Waals surface area contributed by atoms with Crippen molar-refractivity contribution in [2.24, 2.45) is 0 Å². The molecule has 3 atom stereocenters. The van der Waals surface area contributed by atoms with Gasteiger partial charge in [-0.05, 0) is 38.5 Å². The maximum absolute atomic E-state index is 12.8. The summed E-state index contributed by atoms with van der Waals surface area (Å²) in [5, 5.41) is 13.9. The van der Waals surface area contributed by atoms with Crippen LogP contribution in [0.3, 0.4) is 0 Å². The predicted octanol–water partition coefficient (Wildman–Crippen LogP) is 10.8. The summed E-state index contributed by atoms with van der Waals surface area (Å²) in [5.41, 5.74) is 0. The number of unbranched alkanes of at least 4 members (excludes halogenated alkanes) is 22. The zero-order valence-corrected chi connectivity index (χ0v) is 33.8. The van der Waals surface area contributed by atoms with E-state index in [4.69, 9.17) is 9.05 Å². The highest BCUT2D eigenvalue weighted by molar-refractivity contribution is 7.47. The second kappa shape index (κ2) is 33.1. The number of carbonyl (C=O) groups excluding carboxylic acids is 1. The lowest BCUT2D eigenvalue weighted by atomic mass is 10.0. The van der Waals surface area contributed by atoms with Gasteiger partial charge in [0.1, 0.15) is 13.2 Å². The molecule has 292 valence electrons. The van der Waals surface area contributed by atoms with Gasteiger partial charge >= 0.3 is 7.82 Å². The maximum atomic E-state index is 12.8. The number of carbonyl (C=O) groups is 1. The van der Waals surface area contributed by atoms with Gasteiger partial charge in [-0.25, -0.2) is 4.57 Å². The molecule has 1 unspecified atom stereocenters. The number of nitrogens with zero attached hydrogens (tertiary/aromatic N) is 1. The molecule has 49 heavy (non-hydrogen) atoms. The molecule has 0 aliphatic carbocycles. The third-order valence-corrected chi connectivity index (χ3v) is 10.2.